The molecule has 0 spiro atoms. The van der Waals surface area contributed by atoms with Crippen LogP contribution >= 0.6 is 0 Å². The number of aromatic nitrogens is 2. The third kappa shape index (κ3) is 3.31. The predicted octanol–water partition coefficient (Wildman–Crippen LogP) is 2.58. The van der Waals surface area contributed by atoms with Crippen LogP contribution in [0, 0.1) is 17.0 Å². The van der Waals surface area contributed by atoms with Crippen LogP contribution in [0.2, 0.25) is 0 Å². The summed E-state index contributed by atoms with van der Waals surface area (Å²) in [6, 6.07) is 0. The van der Waals surface area contributed by atoms with E-state index in [-0.39, 0.29) is 5.70 Å². The van der Waals surface area contributed by atoms with Crippen LogP contribution in [-0.4, -0.2) is 21.8 Å². The first-order valence-corrected chi connectivity index (χ1v) is 5.82. The first-order valence-electron chi connectivity index (χ1n) is 5.82. The second-order valence-corrected chi connectivity index (χ2v) is 3.77. The first-order chi connectivity index (χ1) is 9.04. The summed E-state index contributed by atoms with van der Waals surface area (Å²) in [6.07, 6.45) is 6.50. The summed E-state index contributed by atoms with van der Waals surface area (Å²) >= 11 is 0. The van der Waals surface area contributed by atoms with Crippen molar-refractivity contribution >= 4 is 6.20 Å². The lowest BCUT2D eigenvalue weighted by atomic mass is 10.2. The highest BCUT2D eigenvalue weighted by Gasteiger charge is 2.12. The second kappa shape index (κ2) is 6.53. The number of aryl methyl sites for hydroxylation is 1. The van der Waals surface area contributed by atoms with Crippen molar-refractivity contribution in [2.24, 2.45) is 0 Å². The highest BCUT2D eigenvalue weighted by atomic mass is 16.6. The van der Waals surface area contributed by atoms with Gasteiger partial charge in [0, 0.05) is 23.9 Å². The van der Waals surface area contributed by atoms with Gasteiger partial charge in [0.25, 0.3) is 5.70 Å². The minimum absolute atomic E-state index is 0.0743. The normalized spacial score (nSPS) is 11.8. The molecule has 0 saturated heterocycles. The molecule has 0 aliphatic heterocycles. The van der Waals surface area contributed by atoms with Crippen LogP contribution in [0.1, 0.15) is 18.2 Å². The summed E-state index contributed by atoms with van der Waals surface area (Å²) in [5.41, 5.74) is 1.83. The SMILES string of the molecule is C=C/C(=C\C=C\n1nc(C)c(CC)c1OC)[N+](=O)[O-]. The molecule has 0 N–H and O–H groups in total. The fourth-order valence-electron chi connectivity index (χ4n) is 1.71. The lowest BCUT2D eigenvalue weighted by Crippen LogP contribution is -1.96. The summed E-state index contributed by atoms with van der Waals surface area (Å²) in [4.78, 5) is 10.1. The molecule has 6 nitrogen and oxygen atoms in total. The van der Waals surface area contributed by atoms with Crippen LogP contribution in [0.4, 0.5) is 0 Å². The Bertz CT molecular complexity index is 542. The number of nitrogens with zero attached hydrogens (tertiary/aromatic N) is 3. The Balaban J connectivity index is 3.06. The van der Waals surface area contributed by atoms with E-state index in [2.05, 4.69) is 11.7 Å². The molecule has 0 fully saturated rings. The molecule has 1 rings (SSSR count). The zero-order chi connectivity index (χ0) is 14.4. The standard InChI is InChI=1S/C13H17N3O3/c1-5-11(16(17)18)8-7-9-15-13(19-4)12(6-2)10(3)14-15/h5,7-9H,1,6H2,2-4H3/b9-7+,11-8+. The summed E-state index contributed by atoms with van der Waals surface area (Å²) in [5, 5.41) is 14.9. The van der Waals surface area contributed by atoms with Gasteiger partial charge in [0.1, 0.15) is 0 Å². The van der Waals surface area contributed by atoms with Gasteiger partial charge in [-0.2, -0.15) is 5.10 Å². The van der Waals surface area contributed by atoms with Gasteiger partial charge in [-0.25, -0.2) is 4.68 Å². The van der Waals surface area contributed by atoms with Gasteiger partial charge in [-0.1, -0.05) is 13.5 Å². The number of ether oxygens (including phenoxy) is 1. The van der Waals surface area contributed by atoms with Crippen molar-refractivity contribution in [1.29, 1.82) is 0 Å². The molecule has 0 amide bonds. The maximum Gasteiger partial charge on any atom is 0.268 e. The maximum atomic E-state index is 10.6. The molecule has 102 valence electrons. The molecule has 19 heavy (non-hydrogen) atoms. The maximum absolute atomic E-state index is 10.6. The Morgan fingerprint density at radius 1 is 1.63 bits per heavy atom. The van der Waals surface area contributed by atoms with Crippen molar-refractivity contribution in [3.63, 3.8) is 0 Å². The van der Waals surface area contributed by atoms with Crippen LogP contribution in [0.15, 0.2) is 30.5 Å². The Kier molecular flexibility index (Phi) is 5.05. The molecule has 0 aromatic carbocycles. The minimum atomic E-state index is -0.500. The van der Waals surface area contributed by atoms with Crippen LogP contribution in [-0.2, 0) is 6.42 Å². The van der Waals surface area contributed by atoms with Crippen LogP contribution < -0.4 is 4.74 Å². The van der Waals surface area contributed by atoms with Crippen LogP contribution in [0.5, 0.6) is 5.88 Å². The van der Waals surface area contributed by atoms with Gasteiger partial charge < -0.3 is 4.74 Å². The highest BCUT2D eigenvalue weighted by molar-refractivity contribution is 5.40. The van der Waals surface area contributed by atoms with E-state index in [1.54, 1.807) is 18.0 Å². The fraction of sp³-hybridized carbons (Fsp3) is 0.308. The van der Waals surface area contributed by atoms with E-state index >= 15 is 0 Å². The van der Waals surface area contributed by atoms with E-state index in [1.807, 2.05) is 13.8 Å². The molecular formula is C13H17N3O3. The Morgan fingerprint density at radius 3 is 2.79 bits per heavy atom. The van der Waals surface area contributed by atoms with E-state index < -0.39 is 4.92 Å². The van der Waals surface area contributed by atoms with Gasteiger partial charge in [-0.15, -0.1) is 0 Å². The summed E-state index contributed by atoms with van der Waals surface area (Å²) < 4.78 is 6.85. The monoisotopic (exact) mass is 263 g/mol. The summed E-state index contributed by atoms with van der Waals surface area (Å²) in [5.74, 6) is 0.644. The van der Waals surface area contributed by atoms with Crippen molar-refractivity contribution in [1.82, 2.24) is 9.78 Å². The predicted molar refractivity (Wildman–Crippen MR) is 73.5 cm³/mol. The van der Waals surface area contributed by atoms with Gasteiger partial charge in [-0.3, -0.25) is 10.1 Å². The lowest BCUT2D eigenvalue weighted by Gasteiger charge is -2.02. The molecule has 1 heterocycles. The van der Waals surface area contributed by atoms with Crippen molar-refractivity contribution in [3.8, 4) is 5.88 Å². The van der Waals surface area contributed by atoms with Gasteiger partial charge in [0.15, 0.2) is 0 Å². The van der Waals surface area contributed by atoms with E-state index in [1.165, 1.54) is 18.2 Å². The summed E-state index contributed by atoms with van der Waals surface area (Å²) in [6.45, 7) is 7.30. The van der Waals surface area contributed by atoms with E-state index in [4.69, 9.17) is 4.74 Å². The molecule has 0 saturated carbocycles. The Morgan fingerprint density at radius 2 is 2.32 bits per heavy atom. The molecule has 0 aliphatic rings. The number of hydrogen-bond acceptors (Lipinski definition) is 4. The molecule has 0 bridgehead atoms. The number of allylic oxidation sites excluding steroid dienone is 3. The average molecular weight is 263 g/mol. The number of hydrogen-bond donors (Lipinski definition) is 0. The summed E-state index contributed by atoms with van der Waals surface area (Å²) in [7, 11) is 1.57. The van der Waals surface area contributed by atoms with Gasteiger partial charge in [0.2, 0.25) is 5.88 Å². The minimum Gasteiger partial charge on any atom is -0.481 e. The topological polar surface area (TPSA) is 70.2 Å². The quantitative estimate of drug-likeness (QED) is 0.449. The largest absolute Gasteiger partial charge is 0.481 e. The van der Waals surface area contributed by atoms with Crippen molar-refractivity contribution in [3.05, 3.63) is 51.9 Å². The van der Waals surface area contributed by atoms with E-state index in [0.29, 0.717) is 5.88 Å². The van der Waals surface area contributed by atoms with E-state index in [9.17, 15) is 10.1 Å². The van der Waals surface area contributed by atoms with Crippen molar-refractivity contribution in [2.75, 3.05) is 7.11 Å². The molecule has 1 aromatic rings. The molecular weight excluding hydrogens is 246 g/mol. The van der Waals surface area contributed by atoms with Crippen molar-refractivity contribution in [2.45, 2.75) is 20.3 Å². The third-order valence-corrected chi connectivity index (χ3v) is 2.62. The number of methoxy groups -OCH3 is 1. The third-order valence-electron chi connectivity index (χ3n) is 2.62. The average Bonchev–Trinajstić information content (AvgIpc) is 2.69. The van der Waals surface area contributed by atoms with Crippen LogP contribution in [0.25, 0.3) is 6.20 Å². The highest BCUT2D eigenvalue weighted by Crippen LogP contribution is 2.22. The molecule has 0 aliphatic carbocycles. The fourth-order valence-corrected chi connectivity index (χ4v) is 1.71. The van der Waals surface area contributed by atoms with E-state index in [0.717, 1.165) is 17.7 Å². The number of nitro groups is 1. The molecule has 0 atom stereocenters. The van der Waals surface area contributed by atoms with Crippen molar-refractivity contribution < 1.29 is 9.66 Å². The second-order valence-electron chi connectivity index (χ2n) is 3.77. The Labute approximate surface area is 111 Å². The van der Waals surface area contributed by atoms with Gasteiger partial charge in [-0.05, 0) is 19.4 Å². The molecule has 0 unspecified atom stereocenters. The smallest absolute Gasteiger partial charge is 0.268 e. The first kappa shape index (κ1) is 14.7. The lowest BCUT2D eigenvalue weighted by molar-refractivity contribution is -0.418. The number of rotatable bonds is 6. The zero-order valence-electron chi connectivity index (χ0n) is 11.3. The molecule has 0 radical (unpaired) electrons. The van der Waals surface area contributed by atoms with Crippen LogP contribution in [0.3, 0.4) is 0 Å². The molecule has 6 heteroatoms. The molecule has 1 aromatic heterocycles. The van der Waals surface area contributed by atoms with Gasteiger partial charge >= 0.3 is 0 Å². The zero-order valence-corrected chi connectivity index (χ0v) is 11.3. The Hall–Kier alpha value is -2.37. The van der Waals surface area contributed by atoms with Gasteiger partial charge in [0.05, 0.1) is 17.7 Å².